The van der Waals surface area contributed by atoms with Crippen LogP contribution in [0.1, 0.15) is 30.7 Å². The Morgan fingerprint density at radius 3 is 2.57 bits per heavy atom. The highest BCUT2D eigenvalue weighted by Gasteiger charge is 2.33. The number of hydrogen-bond acceptors (Lipinski definition) is 3. The summed E-state index contributed by atoms with van der Waals surface area (Å²) >= 11 is 0. The van der Waals surface area contributed by atoms with Crippen molar-refractivity contribution in [1.82, 2.24) is 4.57 Å². The molecule has 2 aromatic rings. The summed E-state index contributed by atoms with van der Waals surface area (Å²) in [5, 5.41) is 0. The van der Waals surface area contributed by atoms with Crippen LogP contribution in [-0.2, 0) is 12.8 Å². The van der Waals surface area contributed by atoms with E-state index in [-0.39, 0.29) is 11.0 Å². The van der Waals surface area contributed by atoms with Gasteiger partial charge >= 0.3 is 5.76 Å². The molecule has 0 amide bonds. The van der Waals surface area contributed by atoms with E-state index in [4.69, 9.17) is 4.42 Å². The number of benzene rings is 1. The van der Waals surface area contributed by atoms with Crippen LogP contribution in [0.25, 0.3) is 12.3 Å². The molecule has 4 nitrogen and oxygen atoms in total. The highest BCUT2D eigenvalue weighted by Crippen LogP contribution is 2.33. The fraction of sp³-hybridized carbons (Fsp3) is 0.294. The molecule has 1 heterocycles. The molecule has 3 rings (SSSR count). The lowest BCUT2D eigenvalue weighted by Gasteiger charge is -2.13. The Morgan fingerprint density at radius 2 is 1.86 bits per heavy atom. The van der Waals surface area contributed by atoms with Gasteiger partial charge in [-0.25, -0.2) is 9.36 Å². The molecule has 0 radical (unpaired) electrons. The molecule has 1 aromatic carbocycles. The zero-order valence-electron chi connectivity index (χ0n) is 12.1. The molecule has 1 aromatic heterocycles. The first-order valence-electron chi connectivity index (χ1n) is 6.97. The maximum atomic E-state index is 12.4. The highest BCUT2D eigenvalue weighted by molar-refractivity contribution is 5.60. The van der Waals surface area contributed by atoms with E-state index in [2.05, 4.69) is 13.8 Å². The standard InChI is InChI=1S/C17H17NO3/c1-17(2)10-13-14(11-17)21-16(20)18(15(13)19)9-8-12-6-4-3-5-7-12/h3-9H,10-11H2,1-2H3/b9-8+. The molecule has 0 saturated carbocycles. The summed E-state index contributed by atoms with van der Waals surface area (Å²) in [6.45, 7) is 4.13. The summed E-state index contributed by atoms with van der Waals surface area (Å²) in [6, 6.07) is 9.51. The third kappa shape index (κ3) is 2.61. The topological polar surface area (TPSA) is 52.2 Å². The van der Waals surface area contributed by atoms with Crippen LogP contribution in [0, 0.1) is 5.41 Å². The minimum Gasteiger partial charge on any atom is -0.414 e. The molecule has 0 saturated heterocycles. The SMILES string of the molecule is CC1(C)Cc2oc(=O)n(/C=C/c3ccccc3)c(=O)c2C1. The zero-order chi connectivity index (χ0) is 15.0. The fourth-order valence-corrected chi connectivity index (χ4v) is 2.71. The van der Waals surface area contributed by atoms with Crippen molar-refractivity contribution in [3.63, 3.8) is 0 Å². The van der Waals surface area contributed by atoms with Crippen molar-refractivity contribution in [1.29, 1.82) is 0 Å². The predicted molar refractivity (Wildman–Crippen MR) is 82.1 cm³/mol. The van der Waals surface area contributed by atoms with Crippen LogP contribution in [-0.4, -0.2) is 4.57 Å². The summed E-state index contributed by atoms with van der Waals surface area (Å²) in [7, 11) is 0. The van der Waals surface area contributed by atoms with Crippen molar-refractivity contribution in [3.05, 3.63) is 68.1 Å². The first-order valence-corrected chi connectivity index (χ1v) is 6.97. The van der Waals surface area contributed by atoms with E-state index in [9.17, 15) is 9.59 Å². The first kappa shape index (κ1) is 13.6. The Bertz CT molecular complexity index is 810. The predicted octanol–water partition coefficient (Wildman–Crippen LogP) is 2.55. The first-order chi connectivity index (χ1) is 9.96. The zero-order valence-corrected chi connectivity index (χ0v) is 12.1. The van der Waals surface area contributed by atoms with Crippen LogP contribution in [0.4, 0.5) is 0 Å². The number of hydrogen-bond donors (Lipinski definition) is 0. The van der Waals surface area contributed by atoms with Gasteiger partial charge in [-0.3, -0.25) is 4.79 Å². The summed E-state index contributed by atoms with van der Waals surface area (Å²) in [4.78, 5) is 24.4. The molecule has 0 atom stereocenters. The second kappa shape index (κ2) is 4.88. The van der Waals surface area contributed by atoms with Crippen LogP contribution in [0.15, 0.2) is 44.3 Å². The fourth-order valence-electron chi connectivity index (χ4n) is 2.71. The quantitative estimate of drug-likeness (QED) is 0.851. The third-order valence-corrected chi connectivity index (χ3v) is 3.73. The van der Waals surface area contributed by atoms with Gasteiger partial charge in [0.25, 0.3) is 5.56 Å². The van der Waals surface area contributed by atoms with Gasteiger partial charge in [-0.05, 0) is 23.5 Å². The average molecular weight is 283 g/mol. The molecular formula is C17H17NO3. The van der Waals surface area contributed by atoms with Crippen molar-refractivity contribution in [2.24, 2.45) is 5.41 Å². The van der Waals surface area contributed by atoms with E-state index in [1.165, 1.54) is 6.20 Å². The molecule has 1 aliphatic carbocycles. The van der Waals surface area contributed by atoms with Gasteiger partial charge in [0.15, 0.2) is 0 Å². The number of aromatic nitrogens is 1. The van der Waals surface area contributed by atoms with Crippen LogP contribution >= 0.6 is 0 Å². The van der Waals surface area contributed by atoms with Gasteiger partial charge in [-0.1, -0.05) is 44.2 Å². The Balaban J connectivity index is 2.04. The van der Waals surface area contributed by atoms with Crippen molar-refractivity contribution in [2.45, 2.75) is 26.7 Å². The molecule has 0 unspecified atom stereocenters. The summed E-state index contributed by atoms with van der Waals surface area (Å²) in [6.07, 6.45) is 4.49. The highest BCUT2D eigenvalue weighted by atomic mass is 16.4. The molecule has 0 aliphatic heterocycles. The van der Waals surface area contributed by atoms with Gasteiger partial charge in [0.1, 0.15) is 5.76 Å². The largest absolute Gasteiger partial charge is 0.426 e. The van der Waals surface area contributed by atoms with Crippen molar-refractivity contribution < 1.29 is 4.42 Å². The summed E-state index contributed by atoms with van der Waals surface area (Å²) in [5.41, 5.74) is 1.25. The van der Waals surface area contributed by atoms with E-state index >= 15 is 0 Å². The minimum absolute atomic E-state index is 0.0280. The molecule has 21 heavy (non-hydrogen) atoms. The van der Waals surface area contributed by atoms with E-state index in [1.807, 2.05) is 30.3 Å². The van der Waals surface area contributed by atoms with Crippen molar-refractivity contribution in [2.75, 3.05) is 0 Å². The maximum absolute atomic E-state index is 12.4. The third-order valence-electron chi connectivity index (χ3n) is 3.73. The second-order valence-corrected chi connectivity index (χ2v) is 6.19. The minimum atomic E-state index is -0.622. The van der Waals surface area contributed by atoms with Crippen LogP contribution in [0.2, 0.25) is 0 Å². The lowest BCUT2D eigenvalue weighted by atomic mass is 9.91. The lowest BCUT2D eigenvalue weighted by Crippen LogP contribution is -2.31. The lowest BCUT2D eigenvalue weighted by molar-refractivity contribution is 0.356. The summed E-state index contributed by atoms with van der Waals surface area (Å²) < 4.78 is 6.36. The van der Waals surface area contributed by atoms with Gasteiger partial charge in [0, 0.05) is 12.6 Å². The smallest absolute Gasteiger partial charge is 0.414 e. The van der Waals surface area contributed by atoms with Gasteiger partial charge in [0.2, 0.25) is 0 Å². The van der Waals surface area contributed by atoms with Crippen LogP contribution in [0.5, 0.6) is 0 Å². The van der Waals surface area contributed by atoms with E-state index in [0.29, 0.717) is 24.2 Å². The molecule has 4 heteroatoms. The Hall–Kier alpha value is -2.36. The maximum Gasteiger partial charge on any atom is 0.426 e. The van der Waals surface area contributed by atoms with E-state index in [1.54, 1.807) is 6.08 Å². The normalized spacial score (nSPS) is 16.3. The van der Waals surface area contributed by atoms with Gasteiger partial charge < -0.3 is 4.42 Å². The van der Waals surface area contributed by atoms with E-state index < -0.39 is 5.76 Å². The number of nitrogens with zero attached hydrogens (tertiary/aromatic N) is 1. The number of rotatable bonds is 2. The average Bonchev–Trinajstić information content (AvgIpc) is 2.74. The van der Waals surface area contributed by atoms with Crippen molar-refractivity contribution in [3.8, 4) is 0 Å². The van der Waals surface area contributed by atoms with Gasteiger partial charge in [-0.2, -0.15) is 0 Å². The van der Waals surface area contributed by atoms with Gasteiger partial charge in [0.05, 0.1) is 5.56 Å². The Kier molecular flexibility index (Phi) is 3.16. The monoisotopic (exact) mass is 283 g/mol. The summed E-state index contributed by atoms with van der Waals surface area (Å²) in [5.74, 6) is -0.0806. The van der Waals surface area contributed by atoms with E-state index in [0.717, 1.165) is 10.1 Å². The molecule has 0 fully saturated rings. The van der Waals surface area contributed by atoms with Gasteiger partial charge in [-0.15, -0.1) is 0 Å². The molecule has 0 N–H and O–H groups in total. The molecule has 1 aliphatic rings. The number of fused-ring (bicyclic) bond motifs is 1. The molecular weight excluding hydrogens is 266 g/mol. The Labute approximate surface area is 122 Å². The molecule has 108 valence electrons. The molecule has 0 bridgehead atoms. The Morgan fingerprint density at radius 1 is 1.14 bits per heavy atom. The van der Waals surface area contributed by atoms with Crippen LogP contribution < -0.4 is 11.3 Å². The van der Waals surface area contributed by atoms with Crippen molar-refractivity contribution >= 4 is 12.3 Å². The second-order valence-electron chi connectivity index (χ2n) is 6.19. The van der Waals surface area contributed by atoms with Crippen LogP contribution in [0.3, 0.4) is 0 Å². The molecule has 0 spiro atoms.